The summed E-state index contributed by atoms with van der Waals surface area (Å²) in [6.45, 7) is 6.69. The monoisotopic (exact) mass is 305 g/mol. The first-order valence-corrected chi connectivity index (χ1v) is 8.78. The van der Waals surface area contributed by atoms with Crippen molar-refractivity contribution in [1.82, 2.24) is 4.90 Å². The maximum absolute atomic E-state index is 11.9. The van der Waals surface area contributed by atoms with Crippen molar-refractivity contribution >= 4 is 0 Å². The van der Waals surface area contributed by atoms with Crippen molar-refractivity contribution in [2.24, 2.45) is 11.3 Å². The summed E-state index contributed by atoms with van der Waals surface area (Å²) in [5, 5.41) is 11.9. The first kappa shape index (κ1) is 16.1. The van der Waals surface area contributed by atoms with Gasteiger partial charge in [-0.2, -0.15) is 0 Å². The molecule has 3 rings (SSSR count). The molecule has 3 nitrogen and oxygen atoms in total. The maximum atomic E-state index is 11.9. The third-order valence-corrected chi connectivity index (χ3v) is 6.38. The van der Waals surface area contributed by atoms with Gasteiger partial charge >= 0.3 is 0 Å². The van der Waals surface area contributed by atoms with Gasteiger partial charge in [0.25, 0.3) is 0 Å². The molecule has 0 bridgehead atoms. The van der Waals surface area contributed by atoms with Crippen molar-refractivity contribution < 1.29 is 9.84 Å². The maximum Gasteiger partial charge on any atom is 0.0994 e. The molecule has 1 heterocycles. The Morgan fingerprint density at radius 1 is 1.23 bits per heavy atom. The van der Waals surface area contributed by atoms with Crippen LogP contribution >= 0.6 is 0 Å². The number of fused-ring (bicyclic) bond motifs is 1. The Morgan fingerprint density at radius 2 is 1.91 bits per heavy atom. The van der Waals surface area contributed by atoms with E-state index in [0.29, 0.717) is 5.92 Å². The van der Waals surface area contributed by atoms with Crippen LogP contribution in [0.2, 0.25) is 0 Å². The Balaban J connectivity index is 2.01. The van der Waals surface area contributed by atoms with Crippen LogP contribution < -0.4 is 0 Å². The number of aliphatic hydroxyl groups is 1. The van der Waals surface area contributed by atoms with E-state index in [1.54, 1.807) is 7.11 Å². The highest BCUT2D eigenvalue weighted by Gasteiger charge is 2.55. The minimum Gasteiger partial charge on any atom is -0.501 e. The SMILES string of the molecule is COC1=C2CCC(C)(C)C(O)(C3CCN(C)CC3)C2=CCC1. The predicted octanol–water partition coefficient (Wildman–Crippen LogP) is 3.50. The molecule has 0 aromatic heterocycles. The topological polar surface area (TPSA) is 32.7 Å². The number of methoxy groups -OCH3 is 1. The fraction of sp³-hybridized carbons (Fsp3) is 0.789. The molecule has 0 radical (unpaired) electrons. The zero-order chi connectivity index (χ0) is 16.0. The summed E-state index contributed by atoms with van der Waals surface area (Å²) in [6, 6.07) is 0. The molecule has 3 heteroatoms. The Kier molecular flexibility index (Phi) is 4.15. The van der Waals surface area contributed by atoms with E-state index in [-0.39, 0.29) is 5.41 Å². The molecule has 0 spiro atoms. The van der Waals surface area contributed by atoms with Gasteiger partial charge in [0.15, 0.2) is 0 Å². The van der Waals surface area contributed by atoms with E-state index in [1.807, 2.05) is 0 Å². The molecule has 0 amide bonds. The number of allylic oxidation sites excluding steroid dienone is 2. The summed E-state index contributed by atoms with van der Waals surface area (Å²) in [7, 11) is 3.96. The first-order valence-electron chi connectivity index (χ1n) is 8.78. The molecular formula is C19H31NO2. The highest BCUT2D eigenvalue weighted by molar-refractivity contribution is 5.47. The summed E-state index contributed by atoms with van der Waals surface area (Å²) in [6.07, 6.45) is 8.53. The largest absolute Gasteiger partial charge is 0.501 e. The van der Waals surface area contributed by atoms with E-state index >= 15 is 0 Å². The number of piperidine rings is 1. The van der Waals surface area contributed by atoms with E-state index in [4.69, 9.17) is 4.74 Å². The number of nitrogens with zero attached hydrogens (tertiary/aromatic N) is 1. The van der Waals surface area contributed by atoms with Gasteiger partial charge in [0.05, 0.1) is 18.5 Å². The van der Waals surface area contributed by atoms with Gasteiger partial charge in [-0.25, -0.2) is 0 Å². The minimum absolute atomic E-state index is 0.0703. The van der Waals surface area contributed by atoms with Gasteiger partial charge in [-0.15, -0.1) is 0 Å². The second-order valence-electron chi connectivity index (χ2n) is 7.99. The van der Waals surface area contributed by atoms with Gasteiger partial charge in [-0.3, -0.25) is 0 Å². The summed E-state index contributed by atoms with van der Waals surface area (Å²) in [5.41, 5.74) is 1.72. The van der Waals surface area contributed by atoms with Gasteiger partial charge in [0.1, 0.15) is 0 Å². The molecule has 1 saturated heterocycles. The Labute approximate surface area is 135 Å². The van der Waals surface area contributed by atoms with Crippen LogP contribution in [0, 0.1) is 11.3 Å². The quantitative estimate of drug-likeness (QED) is 0.847. The molecule has 1 unspecified atom stereocenters. The van der Waals surface area contributed by atoms with Gasteiger partial charge in [0.2, 0.25) is 0 Å². The highest BCUT2D eigenvalue weighted by Crippen LogP contribution is 2.56. The van der Waals surface area contributed by atoms with Crippen LogP contribution in [-0.2, 0) is 4.74 Å². The van der Waals surface area contributed by atoms with Crippen LogP contribution in [0.5, 0.6) is 0 Å². The zero-order valence-electron chi connectivity index (χ0n) is 14.6. The Morgan fingerprint density at radius 3 is 2.55 bits per heavy atom. The third kappa shape index (κ3) is 2.33. The van der Waals surface area contributed by atoms with Crippen molar-refractivity contribution in [3.63, 3.8) is 0 Å². The molecule has 2 aliphatic carbocycles. The van der Waals surface area contributed by atoms with Crippen LogP contribution in [0.4, 0.5) is 0 Å². The average molecular weight is 305 g/mol. The van der Waals surface area contributed by atoms with E-state index in [0.717, 1.165) is 57.4 Å². The highest BCUT2D eigenvalue weighted by atomic mass is 16.5. The molecule has 1 N–H and O–H groups in total. The standard InChI is InChI=1S/C19H31NO2/c1-18(2)11-8-15-16(6-5-7-17(15)22-4)19(18,21)14-9-12-20(3)13-10-14/h6,14,21H,5,7-13H2,1-4H3. The molecular weight excluding hydrogens is 274 g/mol. The van der Waals surface area contributed by atoms with Crippen LogP contribution in [-0.4, -0.2) is 42.9 Å². The normalized spacial score (nSPS) is 33.4. The van der Waals surface area contributed by atoms with Crippen LogP contribution in [0.15, 0.2) is 23.0 Å². The average Bonchev–Trinajstić information content (AvgIpc) is 2.51. The molecule has 1 saturated carbocycles. The van der Waals surface area contributed by atoms with Gasteiger partial charge in [-0.05, 0) is 74.7 Å². The molecule has 22 heavy (non-hydrogen) atoms. The zero-order valence-corrected chi connectivity index (χ0v) is 14.6. The fourth-order valence-electron chi connectivity index (χ4n) is 4.85. The summed E-state index contributed by atoms with van der Waals surface area (Å²) >= 11 is 0. The number of rotatable bonds is 2. The molecule has 1 atom stereocenters. The van der Waals surface area contributed by atoms with Crippen molar-refractivity contribution in [1.29, 1.82) is 0 Å². The third-order valence-electron chi connectivity index (χ3n) is 6.38. The lowest BCUT2D eigenvalue weighted by atomic mass is 9.54. The van der Waals surface area contributed by atoms with Crippen molar-refractivity contribution in [3.8, 4) is 0 Å². The number of likely N-dealkylation sites (tertiary alicyclic amines) is 1. The number of ether oxygens (including phenoxy) is 1. The van der Waals surface area contributed by atoms with Gasteiger partial charge < -0.3 is 14.7 Å². The first-order chi connectivity index (χ1) is 10.4. The number of hydrogen-bond donors (Lipinski definition) is 1. The lowest BCUT2D eigenvalue weighted by molar-refractivity contribution is -0.106. The molecule has 0 aromatic rings. The molecule has 1 aliphatic heterocycles. The van der Waals surface area contributed by atoms with E-state index < -0.39 is 5.60 Å². The summed E-state index contributed by atoms with van der Waals surface area (Å²) < 4.78 is 5.65. The smallest absolute Gasteiger partial charge is 0.0994 e. The van der Waals surface area contributed by atoms with Crippen molar-refractivity contribution in [2.75, 3.05) is 27.2 Å². The molecule has 0 aromatic carbocycles. The Bertz CT molecular complexity index is 498. The minimum atomic E-state index is -0.702. The fourth-order valence-corrected chi connectivity index (χ4v) is 4.85. The second-order valence-corrected chi connectivity index (χ2v) is 7.99. The molecule has 3 aliphatic rings. The molecule has 2 fully saturated rings. The van der Waals surface area contributed by atoms with Crippen molar-refractivity contribution in [3.05, 3.63) is 23.0 Å². The number of hydrogen-bond acceptors (Lipinski definition) is 3. The Hall–Kier alpha value is -0.800. The predicted molar refractivity (Wildman–Crippen MR) is 89.5 cm³/mol. The van der Waals surface area contributed by atoms with E-state index in [9.17, 15) is 5.11 Å². The molecule has 124 valence electrons. The summed E-state index contributed by atoms with van der Waals surface area (Å²) in [4.78, 5) is 2.38. The lowest BCUT2D eigenvalue weighted by Crippen LogP contribution is -2.57. The lowest BCUT2D eigenvalue weighted by Gasteiger charge is -2.55. The van der Waals surface area contributed by atoms with E-state index in [1.165, 1.54) is 11.1 Å². The second kappa shape index (κ2) is 5.68. The van der Waals surface area contributed by atoms with Gasteiger partial charge in [-0.1, -0.05) is 19.9 Å². The van der Waals surface area contributed by atoms with Gasteiger partial charge in [0, 0.05) is 6.42 Å². The van der Waals surface area contributed by atoms with Crippen LogP contribution in [0.3, 0.4) is 0 Å². The summed E-state index contributed by atoms with van der Waals surface area (Å²) in [5.74, 6) is 1.47. The van der Waals surface area contributed by atoms with Crippen LogP contribution in [0.25, 0.3) is 0 Å². The van der Waals surface area contributed by atoms with Crippen LogP contribution in [0.1, 0.15) is 52.4 Å². The van der Waals surface area contributed by atoms with E-state index in [2.05, 4.69) is 31.9 Å². The van der Waals surface area contributed by atoms with Crippen molar-refractivity contribution in [2.45, 2.75) is 58.0 Å².